The monoisotopic (exact) mass is 512 g/mol. The van der Waals surface area contributed by atoms with Gasteiger partial charge in [-0.1, -0.05) is 103 Å². The second kappa shape index (κ2) is 10.3. The molecule has 3 atom stereocenters. The number of para-hydroxylation sites is 1. The van der Waals surface area contributed by atoms with Gasteiger partial charge in [-0.05, 0) is 23.3 Å². The summed E-state index contributed by atoms with van der Waals surface area (Å²) in [4.78, 5) is 12.1. The minimum absolute atomic E-state index is 0.0715. The molecular weight excluding hydrogens is 484 g/mol. The van der Waals surface area contributed by atoms with Gasteiger partial charge in [-0.2, -0.15) is 0 Å². The van der Waals surface area contributed by atoms with Crippen molar-refractivity contribution in [2.45, 2.75) is 30.1 Å². The van der Waals surface area contributed by atoms with Gasteiger partial charge in [-0.25, -0.2) is 0 Å². The van der Waals surface area contributed by atoms with Crippen molar-refractivity contribution in [3.05, 3.63) is 138 Å². The van der Waals surface area contributed by atoms with Crippen LogP contribution in [-0.2, 0) is 25.5 Å². The lowest BCUT2D eigenvalue weighted by atomic mass is 9.86. The van der Waals surface area contributed by atoms with Gasteiger partial charge in [-0.15, -0.1) is 0 Å². The molecule has 37 heavy (non-hydrogen) atoms. The van der Waals surface area contributed by atoms with Crippen molar-refractivity contribution in [1.82, 2.24) is 0 Å². The van der Waals surface area contributed by atoms with Crippen molar-refractivity contribution in [1.29, 1.82) is 0 Å². The maximum absolute atomic E-state index is 12.1. The predicted molar refractivity (Wildman–Crippen MR) is 141 cm³/mol. The van der Waals surface area contributed by atoms with Crippen LogP contribution in [0.5, 0.6) is 5.75 Å². The second-order valence-corrected chi connectivity index (χ2v) is 10.4. The average Bonchev–Trinajstić information content (AvgIpc) is 2.93. The number of aliphatic hydroxyl groups is 2. The number of ether oxygens (including phenoxy) is 2. The summed E-state index contributed by atoms with van der Waals surface area (Å²) in [5.74, 6) is -4.71. The van der Waals surface area contributed by atoms with Crippen LogP contribution in [0.4, 0.5) is 0 Å². The Balaban J connectivity index is 1.62. The number of rotatable bonds is 7. The Labute approximate surface area is 218 Å². The van der Waals surface area contributed by atoms with Crippen LogP contribution in [0, 0.1) is 0 Å². The summed E-state index contributed by atoms with van der Waals surface area (Å²) >= 11 is 0. The number of hydrogen-bond acceptors (Lipinski definition) is 6. The number of hydrogen-bond donors (Lipinski definition) is 2. The zero-order valence-corrected chi connectivity index (χ0v) is 21.8. The highest BCUT2D eigenvalue weighted by Crippen LogP contribution is 2.49. The van der Waals surface area contributed by atoms with Crippen LogP contribution in [-0.4, -0.2) is 32.0 Å². The number of carbonyl (C=O) groups is 1. The number of aliphatic hydroxyl groups excluding tert-OH is 1. The molecule has 0 aliphatic carbocycles. The predicted octanol–water partition coefficient (Wildman–Crippen LogP) is 3.89. The highest BCUT2D eigenvalue weighted by Gasteiger charge is 2.61. The Morgan fingerprint density at radius 3 is 1.92 bits per heavy atom. The van der Waals surface area contributed by atoms with E-state index in [9.17, 15) is 15.0 Å². The van der Waals surface area contributed by atoms with E-state index in [1.165, 1.54) is 6.92 Å². The third kappa shape index (κ3) is 4.70. The number of esters is 1. The van der Waals surface area contributed by atoms with Crippen LogP contribution in [0.3, 0.4) is 0 Å². The molecule has 1 aliphatic rings. The normalized spacial score (nSPS) is 23.0. The molecule has 0 bridgehead atoms. The van der Waals surface area contributed by atoms with Gasteiger partial charge in [-0.3, -0.25) is 4.79 Å². The Hall–Kier alpha value is -3.75. The summed E-state index contributed by atoms with van der Waals surface area (Å²) in [6.45, 7) is 1.18. The molecule has 5 rings (SSSR count). The first-order chi connectivity index (χ1) is 17.9. The topological polar surface area (TPSA) is 85.2 Å². The van der Waals surface area contributed by atoms with Gasteiger partial charge in [0.1, 0.15) is 5.75 Å². The van der Waals surface area contributed by atoms with Gasteiger partial charge in [0.05, 0.1) is 5.56 Å². The van der Waals surface area contributed by atoms with E-state index < -0.39 is 33.4 Å². The van der Waals surface area contributed by atoms with Gasteiger partial charge in [0.15, 0.2) is 15.9 Å². The highest BCUT2D eigenvalue weighted by molar-refractivity contribution is 6.31. The molecular formula is C30H28O6Si. The Morgan fingerprint density at radius 2 is 1.35 bits per heavy atom. The van der Waals surface area contributed by atoms with Crippen LogP contribution in [0.25, 0.3) is 0 Å². The standard InChI is InChI=1S/C30H28O6Si/c1-21(31)34-29(33)25-19-11-12-20-26(25)35-30(28(29)32,24-17-9-4-10-18-24)36-37-27(22-13-5-2-6-14-22)23-15-7-3-8-16-23/h2-20,27-28,32-33H,37H2,1H3. The number of fused-ring (bicyclic) bond motifs is 1. The van der Waals surface area contributed by atoms with E-state index in [2.05, 4.69) is 0 Å². The van der Waals surface area contributed by atoms with Crippen molar-refractivity contribution in [2.75, 3.05) is 0 Å². The van der Waals surface area contributed by atoms with Crippen molar-refractivity contribution >= 4 is 15.7 Å². The molecule has 3 unspecified atom stereocenters. The first-order valence-electron chi connectivity index (χ1n) is 12.1. The van der Waals surface area contributed by atoms with E-state index in [1.54, 1.807) is 48.5 Å². The molecule has 0 aromatic heterocycles. The lowest BCUT2D eigenvalue weighted by molar-refractivity contribution is -0.336. The van der Waals surface area contributed by atoms with Gasteiger partial charge >= 0.3 is 5.97 Å². The van der Waals surface area contributed by atoms with E-state index >= 15 is 0 Å². The first-order valence-corrected chi connectivity index (χ1v) is 13.5. The third-order valence-electron chi connectivity index (χ3n) is 6.61. The SMILES string of the molecule is CC(=O)OC1(O)c2ccccc2OC(O[SiH2]C(c2ccccc2)c2ccccc2)(c2ccccc2)C1O. The average molecular weight is 513 g/mol. The van der Waals surface area contributed by atoms with Crippen LogP contribution in [0.1, 0.15) is 34.7 Å². The Kier molecular flexibility index (Phi) is 6.95. The fraction of sp³-hybridized carbons (Fsp3) is 0.167. The minimum atomic E-state index is -2.39. The molecule has 0 spiro atoms. The van der Waals surface area contributed by atoms with Crippen LogP contribution in [0.2, 0.25) is 0 Å². The highest BCUT2D eigenvalue weighted by atomic mass is 28.2. The molecule has 0 fully saturated rings. The van der Waals surface area contributed by atoms with Gasteiger partial charge in [0, 0.05) is 18.0 Å². The van der Waals surface area contributed by atoms with Crippen molar-refractivity contribution in [2.24, 2.45) is 0 Å². The van der Waals surface area contributed by atoms with Gasteiger partial charge in [0.2, 0.25) is 0 Å². The molecule has 4 aromatic rings. The molecule has 1 aliphatic heterocycles. The van der Waals surface area contributed by atoms with Crippen molar-refractivity contribution in [3.63, 3.8) is 0 Å². The van der Waals surface area contributed by atoms with E-state index in [-0.39, 0.29) is 16.9 Å². The number of benzene rings is 4. The van der Waals surface area contributed by atoms with Crippen LogP contribution >= 0.6 is 0 Å². The van der Waals surface area contributed by atoms with Crippen LogP contribution < -0.4 is 4.74 Å². The smallest absolute Gasteiger partial charge is 0.305 e. The summed E-state index contributed by atoms with van der Waals surface area (Å²) in [5, 5.41) is 23.5. The van der Waals surface area contributed by atoms with E-state index in [0.717, 1.165) is 11.1 Å². The Morgan fingerprint density at radius 1 is 0.838 bits per heavy atom. The molecule has 7 heteroatoms. The zero-order valence-electron chi connectivity index (χ0n) is 20.4. The summed E-state index contributed by atoms with van der Waals surface area (Å²) < 4.78 is 18.5. The maximum atomic E-state index is 12.1. The van der Waals surface area contributed by atoms with Gasteiger partial charge < -0.3 is 24.1 Å². The molecule has 0 amide bonds. The van der Waals surface area contributed by atoms with Gasteiger partial charge in [0.25, 0.3) is 11.6 Å². The molecule has 0 radical (unpaired) electrons. The quantitative estimate of drug-likeness (QED) is 0.222. The largest absolute Gasteiger partial charge is 0.455 e. The molecule has 6 nitrogen and oxygen atoms in total. The molecule has 1 heterocycles. The lowest BCUT2D eigenvalue weighted by Gasteiger charge is -2.49. The fourth-order valence-corrected chi connectivity index (χ4v) is 6.57. The third-order valence-corrected chi connectivity index (χ3v) is 8.48. The summed E-state index contributed by atoms with van der Waals surface area (Å²) in [5.41, 5.74) is 2.72. The molecule has 0 saturated carbocycles. The molecule has 4 aromatic carbocycles. The van der Waals surface area contributed by atoms with E-state index in [4.69, 9.17) is 13.9 Å². The summed E-state index contributed by atoms with van der Waals surface area (Å²) in [6, 6.07) is 35.6. The fourth-order valence-electron chi connectivity index (χ4n) is 4.85. The summed E-state index contributed by atoms with van der Waals surface area (Å²) in [7, 11) is -1.56. The maximum Gasteiger partial charge on any atom is 0.305 e. The van der Waals surface area contributed by atoms with E-state index in [0.29, 0.717) is 5.56 Å². The van der Waals surface area contributed by atoms with Crippen LogP contribution in [0.15, 0.2) is 115 Å². The lowest BCUT2D eigenvalue weighted by Crippen LogP contribution is -2.62. The summed E-state index contributed by atoms with van der Waals surface area (Å²) in [6.07, 6.45) is -1.78. The zero-order chi connectivity index (χ0) is 25.9. The van der Waals surface area contributed by atoms with Crippen molar-refractivity contribution in [3.8, 4) is 5.75 Å². The first kappa shape index (κ1) is 24.9. The Bertz CT molecular complexity index is 1310. The second-order valence-electron chi connectivity index (χ2n) is 9.01. The minimum Gasteiger partial charge on any atom is -0.455 e. The van der Waals surface area contributed by atoms with E-state index in [1.807, 2.05) is 66.7 Å². The molecule has 0 saturated heterocycles. The van der Waals surface area contributed by atoms with Crippen molar-refractivity contribution < 1.29 is 28.9 Å². The molecule has 188 valence electrons. The number of carbonyl (C=O) groups excluding carboxylic acids is 1. The molecule has 2 N–H and O–H groups in total.